The Bertz CT molecular complexity index is 1060. The summed E-state index contributed by atoms with van der Waals surface area (Å²) in [5, 5.41) is 24.3. The van der Waals surface area contributed by atoms with Crippen LogP contribution in [0.5, 0.6) is 0 Å². The molecule has 0 aliphatic heterocycles. The smallest absolute Gasteiger partial charge is 0.191 e. The van der Waals surface area contributed by atoms with E-state index in [1.54, 1.807) is 11.7 Å². The van der Waals surface area contributed by atoms with Crippen LogP contribution in [0.15, 0.2) is 34.5 Å². The number of nitriles is 1. The van der Waals surface area contributed by atoms with Gasteiger partial charge in [0, 0.05) is 34.5 Å². The summed E-state index contributed by atoms with van der Waals surface area (Å²) in [5.41, 5.74) is 3.70. The van der Waals surface area contributed by atoms with Gasteiger partial charge in [-0.1, -0.05) is 59.7 Å². The number of aromatic nitrogens is 3. The van der Waals surface area contributed by atoms with Gasteiger partial charge in [0.15, 0.2) is 5.82 Å². The van der Waals surface area contributed by atoms with E-state index in [1.165, 1.54) is 0 Å². The van der Waals surface area contributed by atoms with E-state index in [-0.39, 0.29) is 10.8 Å². The third-order valence-electron chi connectivity index (χ3n) is 4.51. The van der Waals surface area contributed by atoms with Crippen molar-refractivity contribution in [3.8, 4) is 6.07 Å². The van der Waals surface area contributed by atoms with Gasteiger partial charge in [-0.15, -0.1) is 10.2 Å². The van der Waals surface area contributed by atoms with E-state index >= 15 is 0 Å². The summed E-state index contributed by atoms with van der Waals surface area (Å²) in [6.07, 6.45) is 0. The Hall–Kier alpha value is -2.94. The van der Waals surface area contributed by atoms with E-state index in [4.69, 9.17) is 0 Å². The van der Waals surface area contributed by atoms with Gasteiger partial charge in [0.1, 0.15) is 17.3 Å². The molecule has 140 valence electrons. The fourth-order valence-electron chi connectivity index (χ4n) is 3.13. The predicted molar refractivity (Wildman–Crippen MR) is 108 cm³/mol. The molecule has 1 aromatic carbocycles. The van der Waals surface area contributed by atoms with Crippen molar-refractivity contribution in [1.29, 1.82) is 5.26 Å². The Morgan fingerprint density at radius 3 is 2.30 bits per heavy atom. The lowest BCUT2D eigenvalue weighted by Gasteiger charge is -2.17. The highest BCUT2D eigenvalue weighted by molar-refractivity contribution is 5.93. The second-order valence-corrected chi connectivity index (χ2v) is 8.88. The van der Waals surface area contributed by atoms with Crippen LogP contribution in [0.4, 0.5) is 11.5 Å². The maximum atomic E-state index is 9.68. The number of H-pyrrole nitrogens is 1. The minimum atomic E-state index is -0.242. The van der Waals surface area contributed by atoms with Gasteiger partial charge < -0.3 is 4.98 Å². The molecule has 2 heterocycles. The van der Waals surface area contributed by atoms with Crippen molar-refractivity contribution in [2.45, 2.75) is 52.4 Å². The third-order valence-corrected chi connectivity index (χ3v) is 4.51. The molecule has 1 N–H and O–H groups in total. The monoisotopic (exact) mass is 362 g/mol. The molecule has 0 saturated heterocycles. The van der Waals surface area contributed by atoms with Crippen LogP contribution in [0, 0.1) is 11.3 Å². The highest BCUT2D eigenvalue weighted by Crippen LogP contribution is 2.39. The Morgan fingerprint density at radius 2 is 1.70 bits per heavy atom. The van der Waals surface area contributed by atoms with Crippen molar-refractivity contribution in [3.63, 3.8) is 0 Å². The minimum absolute atomic E-state index is 0.117. The van der Waals surface area contributed by atoms with Crippen molar-refractivity contribution in [2.75, 3.05) is 0 Å². The Kier molecular flexibility index (Phi) is 4.43. The molecule has 27 heavy (non-hydrogen) atoms. The third kappa shape index (κ3) is 3.37. The number of aryl methyl sites for hydroxylation is 1. The topological polar surface area (TPSA) is 82.1 Å². The molecule has 0 spiro atoms. The Balaban J connectivity index is 2.19. The van der Waals surface area contributed by atoms with Crippen molar-refractivity contribution < 1.29 is 0 Å². The molecule has 0 atom stereocenters. The van der Waals surface area contributed by atoms with E-state index < -0.39 is 0 Å². The summed E-state index contributed by atoms with van der Waals surface area (Å²) in [7, 11) is 1.80. The lowest BCUT2D eigenvalue weighted by molar-refractivity contribution is 0.552. The normalized spacial score (nSPS) is 12.8. The van der Waals surface area contributed by atoms with E-state index in [2.05, 4.69) is 47.2 Å². The molecule has 3 aromatic rings. The molecule has 0 radical (unpaired) electrons. The average molecular weight is 362 g/mol. The lowest BCUT2D eigenvalue weighted by atomic mass is 9.90. The number of hydrogen-bond acceptors (Lipinski definition) is 4. The first kappa shape index (κ1) is 18.8. The molecule has 0 fully saturated rings. The highest BCUT2D eigenvalue weighted by atomic mass is 15.3. The second-order valence-electron chi connectivity index (χ2n) is 8.88. The standard InChI is InChI=1S/C21H26N6/c1-20(2,3)17-14(12-22)19(27(7)26-17)25-24-16-13-10-8-9-11-15(13)23-18(16)21(4,5)6/h8-11,23H,1-7H3/b25-24+. The van der Waals surface area contributed by atoms with Gasteiger partial charge in [-0.2, -0.15) is 10.4 Å². The zero-order chi connectivity index (χ0) is 20.0. The van der Waals surface area contributed by atoms with Crippen LogP contribution in [0.3, 0.4) is 0 Å². The number of benzene rings is 1. The van der Waals surface area contributed by atoms with Gasteiger partial charge in [0.25, 0.3) is 0 Å². The van der Waals surface area contributed by atoms with Gasteiger partial charge in [0.05, 0.1) is 5.69 Å². The van der Waals surface area contributed by atoms with Crippen molar-refractivity contribution in [2.24, 2.45) is 17.3 Å². The second kappa shape index (κ2) is 6.34. The number of nitrogens with one attached hydrogen (secondary N) is 1. The van der Waals surface area contributed by atoms with Crippen LogP contribution in [0.2, 0.25) is 0 Å². The molecule has 0 saturated carbocycles. The summed E-state index contributed by atoms with van der Waals surface area (Å²) in [6, 6.07) is 10.3. The van der Waals surface area contributed by atoms with E-state index in [9.17, 15) is 5.26 Å². The molecule has 0 bridgehead atoms. The number of para-hydroxylation sites is 1. The molecule has 3 rings (SSSR count). The van der Waals surface area contributed by atoms with Crippen molar-refractivity contribution in [1.82, 2.24) is 14.8 Å². The number of fused-ring (bicyclic) bond motifs is 1. The lowest BCUT2D eigenvalue weighted by Crippen LogP contribution is -2.14. The number of nitrogens with zero attached hydrogens (tertiary/aromatic N) is 5. The number of rotatable bonds is 2. The van der Waals surface area contributed by atoms with Crippen LogP contribution >= 0.6 is 0 Å². The zero-order valence-electron chi connectivity index (χ0n) is 17.0. The maximum absolute atomic E-state index is 9.68. The summed E-state index contributed by atoms with van der Waals surface area (Å²) in [5.74, 6) is 0.479. The first-order valence-electron chi connectivity index (χ1n) is 9.04. The molecule has 0 aliphatic carbocycles. The van der Waals surface area contributed by atoms with Crippen LogP contribution in [-0.2, 0) is 17.9 Å². The molecule has 0 amide bonds. The molecular weight excluding hydrogens is 336 g/mol. The van der Waals surface area contributed by atoms with Gasteiger partial charge in [-0.05, 0) is 6.07 Å². The number of aromatic amines is 1. The highest BCUT2D eigenvalue weighted by Gasteiger charge is 2.27. The fourth-order valence-corrected chi connectivity index (χ4v) is 3.13. The summed E-state index contributed by atoms with van der Waals surface area (Å²) >= 11 is 0. The molecular formula is C21H26N6. The van der Waals surface area contributed by atoms with E-state index in [0.717, 1.165) is 28.0 Å². The van der Waals surface area contributed by atoms with Crippen LogP contribution in [0.25, 0.3) is 10.9 Å². The Labute approximate surface area is 159 Å². The first-order chi connectivity index (χ1) is 12.5. The van der Waals surface area contributed by atoms with Gasteiger partial charge in [-0.25, -0.2) is 4.68 Å². The maximum Gasteiger partial charge on any atom is 0.191 e. The van der Waals surface area contributed by atoms with Crippen molar-refractivity contribution in [3.05, 3.63) is 41.2 Å². The van der Waals surface area contributed by atoms with E-state index in [1.807, 2.05) is 45.0 Å². The molecule has 0 unspecified atom stereocenters. The Morgan fingerprint density at radius 1 is 1.04 bits per heavy atom. The first-order valence-corrected chi connectivity index (χ1v) is 9.04. The molecule has 2 aromatic heterocycles. The fraction of sp³-hybridized carbons (Fsp3) is 0.429. The number of azo groups is 1. The predicted octanol–water partition coefficient (Wildman–Crippen LogP) is 5.78. The number of hydrogen-bond donors (Lipinski definition) is 1. The summed E-state index contributed by atoms with van der Waals surface area (Å²) in [4.78, 5) is 3.47. The molecule has 6 nitrogen and oxygen atoms in total. The minimum Gasteiger partial charge on any atom is -0.356 e. The quantitative estimate of drug-likeness (QED) is 0.586. The SMILES string of the molecule is Cn1nc(C(C)(C)C)c(C#N)c1/N=N/c1c(C(C)(C)C)[nH]c2ccccc12. The molecule has 0 aliphatic rings. The molecule has 6 heteroatoms. The van der Waals surface area contributed by atoms with Crippen molar-refractivity contribution >= 4 is 22.4 Å². The summed E-state index contributed by atoms with van der Waals surface area (Å²) in [6.45, 7) is 12.5. The van der Waals surface area contributed by atoms with E-state index in [0.29, 0.717) is 11.4 Å². The summed E-state index contributed by atoms with van der Waals surface area (Å²) < 4.78 is 1.63. The van der Waals surface area contributed by atoms with Gasteiger partial charge in [-0.3, -0.25) is 0 Å². The van der Waals surface area contributed by atoms with Crippen LogP contribution < -0.4 is 0 Å². The zero-order valence-corrected chi connectivity index (χ0v) is 17.0. The van der Waals surface area contributed by atoms with Crippen LogP contribution in [0.1, 0.15) is 58.5 Å². The average Bonchev–Trinajstić information content (AvgIpc) is 3.10. The largest absolute Gasteiger partial charge is 0.356 e. The van der Waals surface area contributed by atoms with Gasteiger partial charge in [0.2, 0.25) is 0 Å². The van der Waals surface area contributed by atoms with Crippen LogP contribution in [-0.4, -0.2) is 14.8 Å². The van der Waals surface area contributed by atoms with Gasteiger partial charge >= 0.3 is 0 Å².